The highest BCUT2D eigenvalue weighted by atomic mass is 35.5. The zero-order chi connectivity index (χ0) is 32.1. The second-order valence-electron chi connectivity index (χ2n) is 12.9. The van der Waals surface area contributed by atoms with Gasteiger partial charge in [-0.1, -0.05) is 18.2 Å². The molecule has 2 aromatic rings. The highest BCUT2D eigenvalue weighted by Gasteiger charge is 2.54. The first-order valence-electron chi connectivity index (χ1n) is 15.8. The molecule has 0 bridgehead atoms. The van der Waals surface area contributed by atoms with Gasteiger partial charge < -0.3 is 19.6 Å². The van der Waals surface area contributed by atoms with Gasteiger partial charge in [0.2, 0.25) is 0 Å². The Morgan fingerprint density at radius 2 is 1.87 bits per heavy atom. The van der Waals surface area contributed by atoms with E-state index in [2.05, 4.69) is 16.8 Å². The van der Waals surface area contributed by atoms with Crippen LogP contribution in [-0.4, -0.2) is 75.7 Å². The van der Waals surface area contributed by atoms with Crippen molar-refractivity contribution < 1.29 is 28.7 Å². The fraction of sp³-hybridized carbons (Fsp3) is 0.529. The van der Waals surface area contributed by atoms with Gasteiger partial charge in [0.05, 0.1) is 4.92 Å². The van der Waals surface area contributed by atoms with E-state index in [-0.39, 0.29) is 60.4 Å². The summed E-state index contributed by atoms with van der Waals surface area (Å²) in [6.45, 7) is 8.38. The predicted molar refractivity (Wildman–Crippen MR) is 182 cm³/mol. The standard InChI is InChI=1S/C34H43FN4O6.2ClH/c1-3-15-38(33(42)45-22-24-7-9-30(10-8-24)39(43)44)29-11-16-37(17-12-29)21-26-18-27(34(13-14-34)36-23(2)32(40)41)20-31(26)25-5-4-6-28(35)19-25;;/h3-10,19,23,26-27,29,31,36H,1,11-18,20-22H2,2H3,(H,40,41);2*1H/t23-,26+,27-,31+;;/m0../s1. The van der Waals surface area contributed by atoms with Gasteiger partial charge in [-0.05, 0) is 98.6 Å². The highest BCUT2D eigenvalue weighted by molar-refractivity contribution is 5.85. The summed E-state index contributed by atoms with van der Waals surface area (Å²) in [5, 5.41) is 23.8. The fourth-order valence-electron chi connectivity index (χ4n) is 7.42. The second-order valence-corrected chi connectivity index (χ2v) is 12.9. The molecule has 1 amide bonds. The number of nitro groups is 1. The average Bonchev–Trinajstić information content (AvgIpc) is 3.68. The third-order valence-corrected chi connectivity index (χ3v) is 9.98. The van der Waals surface area contributed by atoms with E-state index in [0.29, 0.717) is 23.9 Å². The molecule has 1 saturated heterocycles. The molecular weight excluding hydrogens is 650 g/mol. The van der Waals surface area contributed by atoms with E-state index in [4.69, 9.17) is 4.74 Å². The van der Waals surface area contributed by atoms with E-state index >= 15 is 0 Å². The fourth-order valence-corrected chi connectivity index (χ4v) is 7.42. The number of nitro benzene ring substituents is 1. The van der Waals surface area contributed by atoms with E-state index in [9.17, 15) is 29.2 Å². The molecule has 0 aromatic heterocycles. The number of hydrogen-bond donors (Lipinski definition) is 2. The summed E-state index contributed by atoms with van der Waals surface area (Å²) in [5.41, 5.74) is 1.50. The van der Waals surface area contributed by atoms with Crippen molar-refractivity contribution in [3.05, 3.63) is 88.2 Å². The van der Waals surface area contributed by atoms with Crippen molar-refractivity contribution in [2.24, 2.45) is 11.8 Å². The van der Waals surface area contributed by atoms with Crippen LogP contribution in [0.4, 0.5) is 14.9 Å². The Labute approximate surface area is 287 Å². The predicted octanol–water partition coefficient (Wildman–Crippen LogP) is 6.57. The number of carbonyl (C=O) groups is 2. The van der Waals surface area contributed by atoms with Crippen LogP contribution >= 0.6 is 24.8 Å². The number of hydrogen-bond acceptors (Lipinski definition) is 7. The number of piperidine rings is 1. The topological polar surface area (TPSA) is 125 Å². The van der Waals surface area contributed by atoms with Gasteiger partial charge in [-0.3, -0.25) is 20.2 Å². The van der Waals surface area contributed by atoms with Crippen LogP contribution < -0.4 is 5.32 Å². The molecule has 1 aliphatic heterocycles. The van der Waals surface area contributed by atoms with Crippen LogP contribution in [0, 0.1) is 27.8 Å². The van der Waals surface area contributed by atoms with E-state index in [0.717, 1.165) is 63.7 Å². The van der Waals surface area contributed by atoms with Crippen LogP contribution in [0.3, 0.4) is 0 Å². The Hall–Kier alpha value is -3.25. The van der Waals surface area contributed by atoms with E-state index in [1.165, 1.54) is 18.2 Å². The number of carbonyl (C=O) groups excluding carboxylic acids is 1. The van der Waals surface area contributed by atoms with Gasteiger partial charge in [0, 0.05) is 49.9 Å². The van der Waals surface area contributed by atoms with Gasteiger partial charge in [0.15, 0.2) is 0 Å². The molecule has 258 valence electrons. The molecule has 13 heteroatoms. The van der Waals surface area contributed by atoms with Crippen molar-refractivity contribution in [3.63, 3.8) is 0 Å². The lowest BCUT2D eigenvalue weighted by atomic mass is 9.87. The number of nitrogens with one attached hydrogen (secondary N) is 1. The molecule has 2 saturated carbocycles. The first-order valence-corrected chi connectivity index (χ1v) is 15.8. The molecule has 3 aliphatic rings. The maximum absolute atomic E-state index is 14.3. The normalized spacial score (nSPS) is 22.6. The number of aliphatic carboxylic acids is 1. The number of likely N-dealkylation sites (tertiary alicyclic amines) is 1. The smallest absolute Gasteiger partial charge is 0.410 e. The Kier molecular flexibility index (Phi) is 13.6. The Bertz CT molecular complexity index is 1390. The summed E-state index contributed by atoms with van der Waals surface area (Å²) in [6.07, 6.45) is 6.59. The number of ether oxygens (including phenoxy) is 1. The summed E-state index contributed by atoms with van der Waals surface area (Å²) in [4.78, 5) is 39.3. The van der Waals surface area contributed by atoms with E-state index < -0.39 is 23.0 Å². The summed E-state index contributed by atoms with van der Waals surface area (Å²) in [7, 11) is 0. The number of non-ortho nitro benzene ring substituents is 1. The minimum atomic E-state index is -0.846. The molecular formula is C34H45Cl2FN4O6. The van der Waals surface area contributed by atoms with Crippen LogP contribution in [-0.2, 0) is 16.1 Å². The third kappa shape index (κ3) is 9.43. The SMILES string of the molecule is C=CCN(C(=O)OCc1ccc([N+](=O)[O-])cc1)C1CCN(C[C@H]2C[C@H](C3(N[C@@H](C)C(=O)O)CC3)C[C@@H]2c2cccc(F)c2)CC1.Cl.Cl. The summed E-state index contributed by atoms with van der Waals surface area (Å²) >= 11 is 0. The number of carboxylic acids is 1. The second kappa shape index (κ2) is 16.7. The van der Waals surface area contributed by atoms with E-state index in [1.54, 1.807) is 42.2 Å². The summed E-state index contributed by atoms with van der Waals surface area (Å²) < 4.78 is 19.9. The zero-order valence-electron chi connectivity index (χ0n) is 26.6. The highest BCUT2D eigenvalue weighted by Crippen LogP contribution is 2.55. The molecule has 5 rings (SSSR count). The molecule has 4 atom stereocenters. The number of rotatable bonds is 13. The van der Waals surface area contributed by atoms with Gasteiger partial charge >= 0.3 is 12.1 Å². The summed E-state index contributed by atoms with van der Waals surface area (Å²) in [5.74, 6) is -0.264. The monoisotopic (exact) mass is 694 g/mol. The number of halogens is 3. The quantitative estimate of drug-likeness (QED) is 0.137. The first kappa shape index (κ1) is 38.2. The molecule has 2 N–H and O–H groups in total. The number of nitrogens with zero attached hydrogens (tertiary/aromatic N) is 3. The number of amides is 1. The maximum Gasteiger partial charge on any atom is 0.410 e. The van der Waals surface area contributed by atoms with Crippen molar-refractivity contribution in [2.45, 2.75) is 75.6 Å². The average molecular weight is 696 g/mol. The molecule has 0 spiro atoms. The van der Waals surface area contributed by atoms with Gasteiger partial charge in [0.1, 0.15) is 18.5 Å². The molecule has 3 fully saturated rings. The van der Waals surface area contributed by atoms with Crippen LogP contribution in [0.15, 0.2) is 61.2 Å². The van der Waals surface area contributed by atoms with Crippen LogP contribution in [0.5, 0.6) is 0 Å². The Balaban J connectivity index is 0.00000300. The Morgan fingerprint density at radius 1 is 1.19 bits per heavy atom. The van der Waals surface area contributed by atoms with Crippen molar-refractivity contribution in [1.29, 1.82) is 0 Å². The van der Waals surface area contributed by atoms with Crippen molar-refractivity contribution >= 4 is 42.6 Å². The van der Waals surface area contributed by atoms with Gasteiger partial charge in [-0.25, -0.2) is 9.18 Å². The number of benzene rings is 2. The minimum absolute atomic E-state index is 0. The largest absolute Gasteiger partial charge is 0.480 e. The minimum Gasteiger partial charge on any atom is -0.480 e. The van der Waals surface area contributed by atoms with Gasteiger partial charge in [0.25, 0.3) is 5.69 Å². The third-order valence-electron chi connectivity index (χ3n) is 9.98. The Morgan fingerprint density at radius 3 is 2.45 bits per heavy atom. The lowest BCUT2D eigenvalue weighted by Gasteiger charge is -2.39. The van der Waals surface area contributed by atoms with Crippen LogP contribution in [0.25, 0.3) is 0 Å². The molecule has 0 radical (unpaired) electrons. The van der Waals surface area contributed by atoms with Crippen LogP contribution in [0.2, 0.25) is 0 Å². The molecule has 0 unspecified atom stereocenters. The number of carboxylic acid groups (broad SMARTS) is 1. The van der Waals surface area contributed by atoms with Crippen molar-refractivity contribution in [3.8, 4) is 0 Å². The molecule has 10 nitrogen and oxygen atoms in total. The lowest BCUT2D eigenvalue weighted by molar-refractivity contribution is -0.384. The lowest BCUT2D eigenvalue weighted by Crippen LogP contribution is -2.48. The van der Waals surface area contributed by atoms with E-state index in [1.807, 2.05) is 6.07 Å². The molecule has 47 heavy (non-hydrogen) atoms. The van der Waals surface area contributed by atoms with Gasteiger partial charge in [-0.15, -0.1) is 31.4 Å². The molecule has 1 heterocycles. The van der Waals surface area contributed by atoms with Gasteiger partial charge in [-0.2, -0.15) is 0 Å². The van der Waals surface area contributed by atoms with Crippen LogP contribution in [0.1, 0.15) is 62.5 Å². The molecule has 2 aromatic carbocycles. The maximum atomic E-state index is 14.3. The molecule has 2 aliphatic carbocycles. The van der Waals surface area contributed by atoms with Crippen molar-refractivity contribution in [2.75, 3.05) is 26.2 Å². The van der Waals surface area contributed by atoms with Crippen molar-refractivity contribution in [1.82, 2.24) is 15.1 Å². The summed E-state index contributed by atoms with van der Waals surface area (Å²) in [6, 6.07) is 12.2. The zero-order valence-corrected chi connectivity index (χ0v) is 28.2. The first-order chi connectivity index (χ1) is 21.6.